The van der Waals surface area contributed by atoms with Gasteiger partial charge in [-0.25, -0.2) is 4.98 Å². The second-order valence-corrected chi connectivity index (χ2v) is 5.21. The van der Waals surface area contributed by atoms with Gasteiger partial charge >= 0.3 is 0 Å². The van der Waals surface area contributed by atoms with Crippen LogP contribution in [0, 0.1) is 10.1 Å². The molecule has 114 valence electrons. The summed E-state index contributed by atoms with van der Waals surface area (Å²) in [7, 11) is 0. The lowest BCUT2D eigenvalue weighted by Crippen LogP contribution is -2.22. The highest BCUT2D eigenvalue weighted by molar-refractivity contribution is 5.95. The minimum absolute atomic E-state index is 0.0296. The lowest BCUT2D eigenvalue weighted by molar-refractivity contribution is -0.754. The van der Waals surface area contributed by atoms with E-state index in [4.69, 9.17) is 0 Å². The van der Waals surface area contributed by atoms with Gasteiger partial charge in [0.25, 0.3) is 5.09 Å². The summed E-state index contributed by atoms with van der Waals surface area (Å²) < 4.78 is 1.80. The number of nitrogens with zero attached hydrogens (tertiary/aromatic N) is 3. The fraction of sp³-hybridized carbons (Fsp3) is 0.333. The van der Waals surface area contributed by atoms with Crippen LogP contribution in [0.25, 0.3) is 0 Å². The van der Waals surface area contributed by atoms with E-state index in [1.54, 1.807) is 10.9 Å². The summed E-state index contributed by atoms with van der Waals surface area (Å²) in [6.45, 7) is -0.590. The first-order chi connectivity index (χ1) is 10.7. The van der Waals surface area contributed by atoms with Crippen molar-refractivity contribution in [2.45, 2.75) is 25.3 Å². The maximum Gasteiger partial charge on any atom is 0.294 e. The molecule has 22 heavy (non-hydrogen) atoms. The third-order valence-electron chi connectivity index (χ3n) is 3.93. The summed E-state index contributed by atoms with van der Waals surface area (Å²) in [4.78, 5) is 30.5. The third kappa shape index (κ3) is 2.69. The van der Waals surface area contributed by atoms with Crippen LogP contribution in [0.4, 0.5) is 0 Å². The Bertz CT molecular complexity index is 710. The number of rotatable bonds is 5. The quantitative estimate of drug-likeness (QED) is 0.480. The topological polar surface area (TPSA) is 87.3 Å². The highest BCUT2D eigenvalue weighted by atomic mass is 16.9. The normalized spacial score (nSPS) is 16.8. The third-order valence-corrected chi connectivity index (χ3v) is 3.93. The first kappa shape index (κ1) is 14.2. The fourth-order valence-corrected chi connectivity index (χ4v) is 2.97. The Hall–Kier alpha value is -2.70. The molecule has 0 saturated carbocycles. The molecule has 0 amide bonds. The fourth-order valence-electron chi connectivity index (χ4n) is 2.97. The average molecular weight is 301 g/mol. The molecule has 1 atom stereocenters. The molecule has 2 aromatic rings. The lowest BCUT2D eigenvalue weighted by Gasteiger charge is -2.27. The van der Waals surface area contributed by atoms with Gasteiger partial charge in [-0.05, 0) is 30.4 Å². The molecule has 0 N–H and O–H groups in total. The van der Waals surface area contributed by atoms with Gasteiger partial charge in [-0.1, -0.05) is 24.3 Å². The number of carbonyl (C=O) groups excluding carboxylic acids is 1. The number of ketones is 1. The van der Waals surface area contributed by atoms with Crippen molar-refractivity contribution in [2.24, 2.45) is 0 Å². The standard InChI is InChI=1S/C15H15N3O4/c19-15(9-22-18(20)21)14-8-16-10-17(14)13-7-3-5-11-4-1-2-6-12(11)13/h1-2,4,6,8,10,13H,3,5,7,9H2. The Labute approximate surface area is 126 Å². The number of aryl methyl sites for hydroxylation is 1. The molecular formula is C15H15N3O4. The zero-order valence-electron chi connectivity index (χ0n) is 11.8. The molecule has 7 nitrogen and oxygen atoms in total. The van der Waals surface area contributed by atoms with Gasteiger partial charge in [0.05, 0.1) is 18.6 Å². The molecular weight excluding hydrogens is 286 g/mol. The van der Waals surface area contributed by atoms with Crippen LogP contribution in [0.5, 0.6) is 0 Å². The van der Waals surface area contributed by atoms with Gasteiger partial charge in [-0.3, -0.25) is 4.79 Å². The molecule has 0 aliphatic heterocycles. The zero-order chi connectivity index (χ0) is 15.5. The van der Waals surface area contributed by atoms with Crippen molar-refractivity contribution in [3.05, 3.63) is 63.7 Å². The average Bonchev–Trinajstić information content (AvgIpc) is 3.01. The predicted molar refractivity (Wildman–Crippen MR) is 77.0 cm³/mol. The highest BCUT2D eigenvalue weighted by Crippen LogP contribution is 2.33. The van der Waals surface area contributed by atoms with Gasteiger partial charge in [0, 0.05) is 0 Å². The molecule has 3 rings (SSSR count). The van der Waals surface area contributed by atoms with Crippen LogP contribution >= 0.6 is 0 Å². The monoisotopic (exact) mass is 301 g/mol. The number of Topliss-reactive ketones (excluding diaryl/α,β-unsaturated/α-hetero) is 1. The Kier molecular flexibility index (Phi) is 3.86. The van der Waals surface area contributed by atoms with Gasteiger partial charge in [-0.15, -0.1) is 10.1 Å². The summed E-state index contributed by atoms with van der Waals surface area (Å²) in [5, 5.41) is 9.27. The number of carbonyl (C=O) groups is 1. The number of benzene rings is 1. The van der Waals surface area contributed by atoms with Crippen molar-refractivity contribution in [1.82, 2.24) is 9.55 Å². The highest BCUT2D eigenvalue weighted by Gasteiger charge is 2.25. The van der Waals surface area contributed by atoms with E-state index >= 15 is 0 Å². The lowest BCUT2D eigenvalue weighted by atomic mass is 9.87. The van der Waals surface area contributed by atoms with Crippen LogP contribution in [0.3, 0.4) is 0 Å². The molecule has 1 heterocycles. The van der Waals surface area contributed by atoms with Gasteiger partial charge in [0.1, 0.15) is 5.69 Å². The second-order valence-electron chi connectivity index (χ2n) is 5.21. The molecule has 0 spiro atoms. The molecule has 1 aromatic carbocycles. The van der Waals surface area contributed by atoms with E-state index in [0.29, 0.717) is 5.69 Å². The van der Waals surface area contributed by atoms with Gasteiger partial charge in [0.15, 0.2) is 6.61 Å². The number of hydrogen-bond donors (Lipinski definition) is 0. The van der Waals surface area contributed by atoms with Crippen molar-refractivity contribution in [3.8, 4) is 0 Å². The molecule has 1 unspecified atom stereocenters. The number of hydrogen-bond acceptors (Lipinski definition) is 5. The van der Waals surface area contributed by atoms with E-state index in [1.165, 1.54) is 17.3 Å². The molecule has 0 bridgehead atoms. The van der Waals surface area contributed by atoms with Crippen LogP contribution in [0.2, 0.25) is 0 Å². The Morgan fingerprint density at radius 2 is 2.27 bits per heavy atom. The van der Waals surface area contributed by atoms with Crippen molar-refractivity contribution in [2.75, 3.05) is 6.61 Å². The predicted octanol–water partition coefficient (Wildman–Crippen LogP) is 2.20. The minimum Gasteiger partial charge on any atom is -0.321 e. The summed E-state index contributed by atoms with van der Waals surface area (Å²) in [6, 6.07) is 8.16. The Balaban J connectivity index is 1.90. The molecule has 1 aliphatic rings. The van der Waals surface area contributed by atoms with Gasteiger partial charge < -0.3 is 9.40 Å². The number of fused-ring (bicyclic) bond motifs is 1. The molecule has 0 saturated heterocycles. The second kappa shape index (κ2) is 5.97. The van der Waals surface area contributed by atoms with E-state index in [9.17, 15) is 14.9 Å². The van der Waals surface area contributed by atoms with E-state index in [-0.39, 0.29) is 6.04 Å². The van der Waals surface area contributed by atoms with Crippen LogP contribution in [-0.4, -0.2) is 27.0 Å². The molecule has 0 fully saturated rings. The number of aromatic nitrogens is 2. The Morgan fingerprint density at radius 3 is 3.09 bits per heavy atom. The summed E-state index contributed by atoms with van der Waals surface area (Å²) >= 11 is 0. The largest absolute Gasteiger partial charge is 0.321 e. The minimum atomic E-state index is -0.964. The summed E-state index contributed by atoms with van der Waals surface area (Å²) in [6.07, 6.45) is 5.99. The first-order valence-corrected chi connectivity index (χ1v) is 7.07. The maximum absolute atomic E-state index is 12.1. The maximum atomic E-state index is 12.1. The van der Waals surface area contributed by atoms with Crippen LogP contribution in [-0.2, 0) is 11.3 Å². The van der Waals surface area contributed by atoms with E-state index in [1.807, 2.05) is 12.1 Å². The molecule has 7 heteroatoms. The van der Waals surface area contributed by atoms with E-state index in [0.717, 1.165) is 19.3 Å². The van der Waals surface area contributed by atoms with E-state index in [2.05, 4.69) is 22.0 Å². The summed E-state index contributed by atoms with van der Waals surface area (Å²) in [5.74, 6) is -0.447. The SMILES string of the molecule is O=C(CO[N+](=O)[O-])c1cncn1C1CCCc2ccccc21. The van der Waals surface area contributed by atoms with Crippen LogP contribution in [0.15, 0.2) is 36.8 Å². The van der Waals surface area contributed by atoms with Crippen molar-refractivity contribution >= 4 is 5.78 Å². The van der Waals surface area contributed by atoms with Crippen molar-refractivity contribution in [1.29, 1.82) is 0 Å². The molecule has 1 aliphatic carbocycles. The Morgan fingerprint density at radius 1 is 1.45 bits per heavy atom. The number of imidazole rings is 1. The van der Waals surface area contributed by atoms with Gasteiger partial charge in [0.2, 0.25) is 5.78 Å². The van der Waals surface area contributed by atoms with Crippen LogP contribution < -0.4 is 0 Å². The first-order valence-electron chi connectivity index (χ1n) is 7.07. The molecule has 1 aromatic heterocycles. The zero-order valence-corrected chi connectivity index (χ0v) is 11.8. The molecule has 0 radical (unpaired) electrons. The van der Waals surface area contributed by atoms with Crippen LogP contribution in [0.1, 0.15) is 40.5 Å². The van der Waals surface area contributed by atoms with Crippen molar-refractivity contribution < 1.29 is 14.7 Å². The summed E-state index contributed by atoms with van der Waals surface area (Å²) in [5.41, 5.74) is 2.78. The van der Waals surface area contributed by atoms with Crippen molar-refractivity contribution in [3.63, 3.8) is 0 Å². The smallest absolute Gasteiger partial charge is 0.294 e. The van der Waals surface area contributed by atoms with E-state index < -0.39 is 17.5 Å². The van der Waals surface area contributed by atoms with Gasteiger partial charge in [-0.2, -0.15) is 0 Å².